The molecule has 2 aliphatic heterocycles. The molecule has 5 heteroatoms. The summed E-state index contributed by atoms with van der Waals surface area (Å²) in [5.41, 5.74) is 12.4. The van der Waals surface area contributed by atoms with Crippen LogP contribution in [0.1, 0.15) is 28.2 Å². The average Bonchev–Trinajstić information content (AvgIpc) is 3.96. The van der Waals surface area contributed by atoms with Crippen LogP contribution in [-0.4, -0.2) is 16.1 Å². The van der Waals surface area contributed by atoms with Gasteiger partial charge in [-0.2, -0.15) is 0 Å². The SMILES string of the molecule is C1=C(c2cccc3ccccc23)N=C(c2cccc3c2oc2ccccc23)N=C2c3cc4c(cc3-n3c5cc(ccc5c5cc6ccccc6cc53)C12)oc1c2ccccc2ccc41. The molecular weight excluding hydrogens is 783 g/mol. The van der Waals surface area contributed by atoms with Gasteiger partial charge in [-0.1, -0.05) is 140 Å². The van der Waals surface area contributed by atoms with Crippen LogP contribution in [0.4, 0.5) is 0 Å². The molecule has 64 heavy (non-hydrogen) atoms. The summed E-state index contributed by atoms with van der Waals surface area (Å²) >= 11 is 0. The average molecular weight is 816 g/mol. The van der Waals surface area contributed by atoms with Crippen molar-refractivity contribution in [3.05, 3.63) is 216 Å². The molecule has 0 saturated carbocycles. The van der Waals surface area contributed by atoms with Crippen molar-refractivity contribution in [2.24, 2.45) is 9.98 Å². The van der Waals surface area contributed by atoms with E-state index in [9.17, 15) is 0 Å². The van der Waals surface area contributed by atoms with Crippen LogP contribution in [0.5, 0.6) is 0 Å². The summed E-state index contributed by atoms with van der Waals surface area (Å²) < 4.78 is 16.1. The van der Waals surface area contributed by atoms with Crippen LogP contribution in [0.15, 0.2) is 213 Å². The Hall–Kier alpha value is -8.54. The van der Waals surface area contributed by atoms with Gasteiger partial charge in [-0.05, 0) is 81.0 Å². The largest absolute Gasteiger partial charge is 0.455 e. The van der Waals surface area contributed by atoms with Gasteiger partial charge in [0.15, 0.2) is 5.84 Å². The van der Waals surface area contributed by atoms with Gasteiger partial charge in [0.05, 0.1) is 33.7 Å². The van der Waals surface area contributed by atoms with Crippen LogP contribution in [0.2, 0.25) is 0 Å². The molecule has 0 spiro atoms. The number of allylic oxidation sites excluding steroid dienone is 1. The van der Waals surface area contributed by atoms with Gasteiger partial charge in [-0.25, -0.2) is 9.98 Å². The summed E-state index contributed by atoms with van der Waals surface area (Å²) in [7, 11) is 0. The van der Waals surface area contributed by atoms with Gasteiger partial charge in [0, 0.05) is 60.8 Å². The van der Waals surface area contributed by atoms with Crippen molar-refractivity contribution < 1.29 is 8.83 Å². The number of benzene rings is 10. The van der Waals surface area contributed by atoms with Gasteiger partial charge in [0.2, 0.25) is 0 Å². The van der Waals surface area contributed by atoms with E-state index in [0.717, 1.165) is 116 Å². The molecule has 5 heterocycles. The quantitative estimate of drug-likeness (QED) is 0.174. The molecule has 0 aliphatic carbocycles. The molecule has 1 atom stereocenters. The molecule has 1 unspecified atom stereocenters. The lowest BCUT2D eigenvalue weighted by Gasteiger charge is -2.24. The number of hydrogen-bond acceptors (Lipinski definition) is 4. The molecule has 0 radical (unpaired) electrons. The molecule has 5 nitrogen and oxygen atoms in total. The maximum Gasteiger partial charge on any atom is 0.163 e. The third-order valence-corrected chi connectivity index (χ3v) is 13.8. The zero-order valence-corrected chi connectivity index (χ0v) is 34.2. The van der Waals surface area contributed by atoms with Crippen molar-refractivity contribution in [2.45, 2.75) is 5.92 Å². The lowest BCUT2D eigenvalue weighted by molar-refractivity contribution is 0.668. The van der Waals surface area contributed by atoms with Gasteiger partial charge in [-0.3, -0.25) is 0 Å². The third-order valence-electron chi connectivity index (χ3n) is 13.8. The molecule has 3 aromatic heterocycles. The number of hydrogen-bond donors (Lipinski definition) is 0. The van der Waals surface area contributed by atoms with Crippen molar-refractivity contribution in [2.75, 3.05) is 0 Å². The first-order chi connectivity index (χ1) is 31.7. The smallest absolute Gasteiger partial charge is 0.163 e. The lowest BCUT2D eigenvalue weighted by atomic mass is 9.85. The number of nitrogens with zero attached hydrogens (tertiary/aromatic N) is 3. The fourth-order valence-electron chi connectivity index (χ4n) is 10.8. The molecule has 2 bridgehead atoms. The third kappa shape index (κ3) is 4.67. The monoisotopic (exact) mass is 815 g/mol. The maximum absolute atomic E-state index is 6.96. The molecule has 13 aromatic rings. The van der Waals surface area contributed by atoms with Crippen LogP contribution >= 0.6 is 0 Å². The summed E-state index contributed by atoms with van der Waals surface area (Å²) in [6.45, 7) is 0. The summed E-state index contributed by atoms with van der Waals surface area (Å²) in [4.78, 5) is 11.5. The molecule has 2 aliphatic rings. The van der Waals surface area contributed by atoms with Crippen LogP contribution < -0.4 is 0 Å². The molecule has 15 rings (SSSR count). The van der Waals surface area contributed by atoms with E-state index in [1.54, 1.807) is 0 Å². The molecule has 10 aromatic carbocycles. The Labute approximate surface area is 365 Å². The zero-order valence-electron chi connectivity index (χ0n) is 34.2. The van der Waals surface area contributed by atoms with Gasteiger partial charge in [0.1, 0.15) is 22.3 Å². The summed E-state index contributed by atoms with van der Waals surface area (Å²) in [5, 5.41) is 13.6. The number of amidine groups is 1. The number of aliphatic imine (C=N–C) groups is 2. The first-order valence-electron chi connectivity index (χ1n) is 21.8. The first-order valence-corrected chi connectivity index (χ1v) is 21.8. The number of fused-ring (bicyclic) bond motifs is 19. The van der Waals surface area contributed by atoms with E-state index in [2.05, 4.69) is 187 Å². The van der Waals surface area contributed by atoms with E-state index in [-0.39, 0.29) is 5.92 Å². The highest BCUT2D eigenvalue weighted by Gasteiger charge is 2.32. The Morgan fingerprint density at radius 1 is 0.391 bits per heavy atom. The van der Waals surface area contributed by atoms with E-state index >= 15 is 0 Å². The van der Waals surface area contributed by atoms with E-state index in [0.29, 0.717) is 5.84 Å². The molecular formula is C59H33N3O2. The Bertz CT molecular complexity index is 4320. The van der Waals surface area contributed by atoms with Crippen LogP contribution in [0, 0.1) is 0 Å². The van der Waals surface area contributed by atoms with Crippen molar-refractivity contribution in [3.8, 4) is 5.69 Å². The predicted molar refractivity (Wildman–Crippen MR) is 265 cm³/mol. The highest BCUT2D eigenvalue weighted by atomic mass is 16.3. The normalized spacial score (nSPS) is 15.0. The Morgan fingerprint density at radius 2 is 1.05 bits per heavy atom. The van der Waals surface area contributed by atoms with Gasteiger partial charge < -0.3 is 13.4 Å². The topological polar surface area (TPSA) is 55.9 Å². The highest BCUT2D eigenvalue weighted by molar-refractivity contribution is 6.26. The standard InChI is InChI=1S/C59H33N3O2/c1-2-14-36-28-52-47(27-35(36)13-1)41-25-24-37-29-51(41)62(52)53-32-55-48(44-26-23-34-12-4-6-17-39(34)57(44)64-55)30-49(53)56-46(37)31-50(40-19-9-15-33-11-3-5-16-38(33)40)60-59(61-56)45-21-10-20-43-42-18-7-8-22-54(42)63-58(43)45/h1-32,46H. The minimum atomic E-state index is -0.268. The molecule has 0 N–H and O–H groups in total. The summed E-state index contributed by atoms with van der Waals surface area (Å²) in [6.07, 6.45) is 2.34. The van der Waals surface area contributed by atoms with Crippen molar-refractivity contribution in [1.82, 2.24) is 4.57 Å². The fraction of sp³-hybridized carbons (Fsp3) is 0.0169. The second-order valence-corrected chi connectivity index (χ2v) is 17.2. The van der Waals surface area contributed by atoms with E-state index in [4.69, 9.17) is 18.8 Å². The zero-order chi connectivity index (χ0) is 41.6. The van der Waals surface area contributed by atoms with Crippen molar-refractivity contribution >= 4 is 115 Å². The molecule has 0 fully saturated rings. The van der Waals surface area contributed by atoms with Crippen molar-refractivity contribution in [3.63, 3.8) is 0 Å². The minimum Gasteiger partial charge on any atom is -0.455 e. The Balaban J connectivity index is 1.11. The highest BCUT2D eigenvalue weighted by Crippen LogP contribution is 2.46. The number of para-hydroxylation sites is 2. The van der Waals surface area contributed by atoms with E-state index in [1.807, 2.05) is 12.1 Å². The van der Waals surface area contributed by atoms with Gasteiger partial charge >= 0.3 is 0 Å². The van der Waals surface area contributed by atoms with Crippen LogP contribution in [-0.2, 0) is 0 Å². The Kier molecular flexibility index (Phi) is 6.67. The molecule has 0 saturated heterocycles. The van der Waals surface area contributed by atoms with Crippen LogP contribution in [0.25, 0.3) is 109 Å². The summed E-state index contributed by atoms with van der Waals surface area (Å²) in [6, 6.07) is 67.4. The van der Waals surface area contributed by atoms with Gasteiger partial charge in [-0.15, -0.1) is 0 Å². The van der Waals surface area contributed by atoms with E-state index in [1.165, 1.54) is 21.5 Å². The van der Waals surface area contributed by atoms with Crippen LogP contribution in [0.3, 0.4) is 0 Å². The van der Waals surface area contributed by atoms with Crippen molar-refractivity contribution in [1.29, 1.82) is 0 Å². The second kappa shape index (κ2) is 12.5. The number of furan rings is 2. The minimum absolute atomic E-state index is 0.268. The number of rotatable bonds is 2. The molecule has 0 amide bonds. The predicted octanol–water partition coefficient (Wildman–Crippen LogP) is 15.4. The van der Waals surface area contributed by atoms with E-state index < -0.39 is 0 Å². The summed E-state index contributed by atoms with van der Waals surface area (Å²) in [5.74, 6) is 0.330. The molecule has 296 valence electrons. The first kappa shape index (κ1) is 34.1. The lowest BCUT2D eigenvalue weighted by Crippen LogP contribution is -2.18. The second-order valence-electron chi connectivity index (χ2n) is 17.2. The Morgan fingerprint density at radius 3 is 1.94 bits per heavy atom. The maximum atomic E-state index is 6.96. The fourth-order valence-corrected chi connectivity index (χ4v) is 10.8. The number of aromatic nitrogens is 1. The van der Waals surface area contributed by atoms with Gasteiger partial charge in [0.25, 0.3) is 0 Å².